The molecule has 3 aromatic carbocycles. The Morgan fingerprint density at radius 3 is 2.20 bits per heavy atom. The predicted octanol–water partition coefficient (Wildman–Crippen LogP) is 6.18. The minimum absolute atomic E-state index is 0. The molecule has 0 aromatic heterocycles. The summed E-state index contributed by atoms with van der Waals surface area (Å²) in [7, 11) is 0. The van der Waals surface area contributed by atoms with E-state index in [-0.39, 0.29) is 30.8 Å². The summed E-state index contributed by atoms with van der Waals surface area (Å²) in [4.78, 5) is 38.2. The maximum absolute atomic E-state index is 13.6. The number of aliphatic hydroxyl groups excluding tert-OH is 2. The molecule has 0 saturated heterocycles. The number of aliphatic hydroxyl groups is 2. The van der Waals surface area contributed by atoms with Crippen molar-refractivity contribution in [2.24, 2.45) is 0 Å². The van der Waals surface area contributed by atoms with Crippen LogP contribution in [0, 0.1) is 0 Å². The number of alkyl halides is 3. The normalized spacial score (nSPS) is 14.0. The Balaban J connectivity index is 0.00000576. The Hall–Kier alpha value is -4.62. The third kappa shape index (κ3) is 9.94. The first-order chi connectivity index (χ1) is 21.4. The molecular formula is C33H38F3N3O7. The first-order valence-electron chi connectivity index (χ1n) is 14.4. The number of nitrogens with zero attached hydrogens (tertiary/aromatic N) is 1. The summed E-state index contributed by atoms with van der Waals surface area (Å²) in [6, 6.07) is 16.7. The number of hydrogen-bond donors (Lipinski definition) is 5. The van der Waals surface area contributed by atoms with E-state index in [1.165, 1.54) is 41.1 Å². The number of carboxylic acid groups (broad SMARTS) is 1. The van der Waals surface area contributed by atoms with E-state index in [2.05, 4.69) is 15.4 Å². The number of halogens is 3. The molecule has 4 rings (SSSR count). The largest absolute Gasteiger partial charge is 0.573 e. The van der Waals surface area contributed by atoms with Gasteiger partial charge in [0.05, 0.1) is 19.7 Å². The lowest BCUT2D eigenvalue weighted by Gasteiger charge is -2.26. The molecule has 0 aliphatic heterocycles. The Morgan fingerprint density at radius 1 is 0.957 bits per heavy atom. The number of aliphatic carboxylic acids is 1. The number of amides is 3. The fourth-order valence-electron chi connectivity index (χ4n) is 5.16. The summed E-state index contributed by atoms with van der Waals surface area (Å²) in [6.45, 7) is -1.17. The van der Waals surface area contributed by atoms with Crippen LogP contribution < -0.4 is 20.3 Å². The third-order valence-electron chi connectivity index (χ3n) is 7.53. The highest BCUT2D eigenvalue weighted by Crippen LogP contribution is 2.34. The molecule has 0 heterocycles. The molecule has 1 aliphatic carbocycles. The second kappa shape index (κ2) is 16.1. The maximum atomic E-state index is 13.6. The van der Waals surface area contributed by atoms with Crippen molar-refractivity contribution in [2.75, 3.05) is 16.8 Å². The van der Waals surface area contributed by atoms with Crippen molar-refractivity contribution in [3.05, 3.63) is 89.0 Å². The number of carboxylic acids is 1. The average Bonchev–Trinajstić information content (AvgIpc) is 3.03. The topological polar surface area (TPSA) is 148 Å². The zero-order valence-electron chi connectivity index (χ0n) is 24.2. The summed E-state index contributed by atoms with van der Waals surface area (Å²) in [5, 5.41) is 32.8. The van der Waals surface area contributed by atoms with Gasteiger partial charge in [-0.3, -0.25) is 9.69 Å². The summed E-state index contributed by atoms with van der Waals surface area (Å²) in [5.41, 5.74) is 2.54. The Bertz CT molecular complexity index is 1480. The number of hydrogen-bond acceptors (Lipinski definition) is 6. The van der Waals surface area contributed by atoms with Crippen LogP contribution in [0.1, 0.15) is 72.5 Å². The van der Waals surface area contributed by atoms with E-state index in [1.54, 1.807) is 12.1 Å². The van der Waals surface area contributed by atoms with Crippen LogP contribution in [0.5, 0.6) is 5.75 Å². The molecule has 10 nitrogen and oxygen atoms in total. The highest BCUT2D eigenvalue weighted by atomic mass is 19.4. The van der Waals surface area contributed by atoms with Crippen molar-refractivity contribution >= 4 is 29.3 Å². The molecule has 0 spiro atoms. The van der Waals surface area contributed by atoms with Gasteiger partial charge in [-0.15, -0.1) is 13.2 Å². The second-order valence-electron chi connectivity index (χ2n) is 10.7. The predicted molar refractivity (Wildman–Crippen MR) is 166 cm³/mol. The summed E-state index contributed by atoms with van der Waals surface area (Å²) in [5.74, 6) is -2.19. The van der Waals surface area contributed by atoms with Gasteiger partial charge < -0.3 is 30.7 Å². The highest BCUT2D eigenvalue weighted by Gasteiger charge is 2.32. The van der Waals surface area contributed by atoms with Gasteiger partial charge in [0.1, 0.15) is 5.75 Å². The molecule has 3 amide bonds. The molecule has 1 aliphatic rings. The lowest BCUT2D eigenvalue weighted by molar-refractivity contribution is -0.275. The van der Waals surface area contributed by atoms with Crippen molar-refractivity contribution in [2.45, 2.75) is 71.1 Å². The van der Waals surface area contributed by atoms with Crippen LogP contribution in [0.3, 0.4) is 0 Å². The molecule has 0 radical (unpaired) electrons. The van der Waals surface area contributed by atoms with Gasteiger partial charge in [0.15, 0.2) is 6.10 Å². The van der Waals surface area contributed by atoms with E-state index >= 15 is 0 Å². The molecule has 248 valence electrons. The van der Waals surface area contributed by atoms with Gasteiger partial charge in [-0.1, -0.05) is 51.0 Å². The average molecular weight is 646 g/mol. The number of ether oxygens (including phenoxy) is 1. The van der Waals surface area contributed by atoms with Crippen molar-refractivity contribution in [3.8, 4) is 5.75 Å². The Morgan fingerprint density at radius 2 is 1.61 bits per heavy atom. The minimum Gasteiger partial charge on any atom is -0.479 e. The van der Waals surface area contributed by atoms with E-state index < -0.39 is 49.3 Å². The van der Waals surface area contributed by atoms with Gasteiger partial charge >= 0.3 is 18.4 Å². The van der Waals surface area contributed by atoms with E-state index in [1.807, 2.05) is 24.3 Å². The fourth-order valence-corrected chi connectivity index (χ4v) is 5.16. The standard InChI is InChI=1S/C32H34F3N3O7.CH4/c33-32(34,35)45-28-15-12-25(16-24(28)19-39)37-31(44)38(26-13-10-22(11-14-26)21-4-2-1-3-5-21)18-20-6-8-23(9-7-20)29(41)36-17-27(40)30(42)43;/h6-16,21,27,39-40H,1-5,17-19H2,(H,36,41)(H,37,44)(H,42,43);1H4/t27-;/m1./s1. The van der Waals surface area contributed by atoms with E-state index in [4.69, 9.17) is 5.11 Å². The SMILES string of the molecule is C.O=C(NC[C@@H](O)C(=O)O)c1ccc(CN(C(=O)Nc2ccc(OC(F)(F)F)c(CO)c2)c2ccc(C3CCCCC3)cc2)cc1. The zero-order valence-corrected chi connectivity index (χ0v) is 24.2. The fraction of sp³-hybridized carbons (Fsp3) is 0.364. The maximum Gasteiger partial charge on any atom is 0.573 e. The molecule has 1 saturated carbocycles. The van der Waals surface area contributed by atoms with Crippen LogP contribution in [0.15, 0.2) is 66.7 Å². The van der Waals surface area contributed by atoms with Gasteiger partial charge in [0, 0.05) is 22.5 Å². The zero-order chi connectivity index (χ0) is 32.6. The van der Waals surface area contributed by atoms with E-state index in [9.17, 15) is 37.8 Å². The molecule has 1 fully saturated rings. The molecular weight excluding hydrogens is 607 g/mol. The molecule has 13 heteroatoms. The van der Waals surface area contributed by atoms with Crippen molar-refractivity contribution in [3.63, 3.8) is 0 Å². The molecule has 3 aromatic rings. The van der Waals surface area contributed by atoms with Crippen molar-refractivity contribution < 1.29 is 47.6 Å². The first-order valence-corrected chi connectivity index (χ1v) is 14.4. The van der Waals surface area contributed by atoms with Gasteiger partial charge in [-0.2, -0.15) is 0 Å². The van der Waals surface area contributed by atoms with E-state index in [0.717, 1.165) is 31.7 Å². The number of anilines is 2. The monoisotopic (exact) mass is 645 g/mol. The van der Waals surface area contributed by atoms with Gasteiger partial charge in [-0.25, -0.2) is 9.59 Å². The lowest BCUT2D eigenvalue weighted by Crippen LogP contribution is -2.36. The number of carbonyl (C=O) groups is 3. The number of urea groups is 1. The first kappa shape index (κ1) is 35.9. The molecule has 46 heavy (non-hydrogen) atoms. The number of benzene rings is 3. The summed E-state index contributed by atoms with van der Waals surface area (Å²) in [6.07, 6.45) is -0.957. The lowest BCUT2D eigenvalue weighted by atomic mass is 9.84. The van der Waals surface area contributed by atoms with Crippen LogP contribution in [0.2, 0.25) is 0 Å². The van der Waals surface area contributed by atoms with E-state index in [0.29, 0.717) is 17.2 Å². The van der Waals surface area contributed by atoms with Gasteiger partial charge in [-0.05, 0) is 72.4 Å². The Kier molecular flexibility index (Phi) is 12.5. The number of rotatable bonds is 11. The van der Waals surface area contributed by atoms with Crippen molar-refractivity contribution in [1.29, 1.82) is 0 Å². The summed E-state index contributed by atoms with van der Waals surface area (Å²) >= 11 is 0. The molecule has 5 N–H and O–H groups in total. The number of nitrogens with one attached hydrogen (secondary N) is 2. The van der Waals surface area contributed by atoms with Gasteiger partial charge in [0.25, 0.3) is 5.91 Å². The van der Waals surface area contributed by atoms with Crippen LogP contribution in [-0.4, -0.2) is 52.2 Å². The quantitative estimate of drug-likeness (QED) is 0.167. The highest BCUT2D eigenvalue weighted by molar-refractivity contribution is 6.02. The van der Waals surface area contributed by atoms with Crippen molar-refractivity contribution in [1.82, 2.24) is 5.32 Å². The van der Waals surface area contributed by atoms with Crippen LogP contribution in [0.25, 0.3) is 0 Å². The van der Waals surface area contributed by atoms with Crippen LogP contribution in [-0.2, 0) is 17.9 Å². The Labute approximate surface area is 264 Å². The summed E-state index contributed by atoms with van der Waals surface area (Å²) < 4.78 is 42.2. The second-order valence-corrected chi connectivity index (χ2v) is 10.7. The number of carbonyl (C=O) groups excluding carboxylic acids is 2. The van der Waals surface area contributed by atoms with Crippen LogP contribution in [0.4, 0.5) is 29.3 Å². The minimum atomic E-state index is -4.95. The molecule has 0 bridgehead atoms. The molecule has 1 atom stereocenters. The van der Waals surface area contributed by atoms with Crippen LogP contribution >= 0.6 is 0 Å². The van der Waals surface area contributed by atoms with Gasteiger partial charge in [0.2, 0.25) is 0 Å². The smallest absolute Gasteiger partial charge is 0.479 e. The molecule has 0 unspecified atom stereocenters. The third-order valence-corrected chi connectivity index (χ3v) is 7.53.